The maximum atomic E-state index is 12.4. The van der Waals surface area contributed by atoms with Gasteiger partial charge in [0.05, 0.1) is 0 Å². The molecule has 0 unspecified atom stereocenters. The van der Waals surface area contributed by atoms with Crippen LogP contribution in [0.1, 0.15) is 43.1 Å². The van der Waals surface area contributed by atoms with E-state index in [0.29, 0.717) is 11.3 Å². The molecule has 0 amide bonds. The number of pyridine rings is 1. The Morgan fingerprint density at radius 1 is 1.38 bits per heavy atom. The Hall–Kier alpha value is -2.43. The van der Waals surface area contributed by atoms with Gasteiger partial charge in [0.15, 0.2) is 0 Å². The molecule has 5 nitrogen and oxygen atoms in total. The average Bonchev–Trinajstić information content (AvgIpc) is 2.90. The molecule has 3 fully saturated rings. The van der Waals surface area contributed by atoms with Crippen LogP contribution >= 0.6 is 0 Å². The van der Waals surface area contributed by atoms with Crippen molar-refractivity contribution >= 4 is 11.9 Å². The van der Waals surface area contributed by atoms with Gasteiger partial charge in [-0.2, -0.15) is 0 Å². The van der Waals surface area contributed by atoms with E-state index in [2.05, 4.69) is 25.1 Å². The van der Waals surface area contributed by atoms with Crippen molar-refractivity contribution in [2.75, 3.05) is 0 Å². The Morgan fingerprint density at radius 2 is 2.19 bits per heavy atom. The zero-order valence-electron chi connectivity index (χ0n) is 14.9. The number of rotatable bonds is 2. The van der Waals surface area contributed by atoms with Gasteiger partial charge in [0.1, 0.15) is 17.9 Å². The van der Waals surface area contributed by atoms with E-state index in [4.69, 9.17) is 9.47 Å². The third-order valence-corrected chi connectivity index (χ3v) is 6.38. The molecule has 26 heavy (non-hydrogen) atoms. The van der Waals surface area contributed by atoms with Crippen LogP contribution in [0.5, 0.6) is 0 Å². The normalized spacial score (nSPS) is 36.1. The molecule has 0 N–H and O–H groups in total. The molecule has 3 aliphatic rings. The lowest BCUT2D eigenvalue weighted by Gasteiger charge is -2.51. The third kappa shape index (κ3) is 2.66. The van der Waals surface area contributed by atoms with Crippen molar-refractivity contribution in [3.63, 3.8) is 0 Å². The van der Waals surface area contributed by atoms with E-state index in [1.807, 2.05) is 0 Å². The van der Waals surface area contributed by atoms with Crippen LogP contribution in [0.2, 0.25) is 0 Å². The highest BCUT2D eigenvalue weighted by Crippen LogP contribution is 2.57. The molecule has 5 atom stereocenters. The zero-order valence-corrected chi connectivity index (χ0v) is 14.9. The molecule has 0 spiro atoms. The van der Waals surface area contributed by atoms with Gasteiger partial charge in [-0.25, -0.2) is 14.6 Å². The molecule has 1 aromatic rings. The molecule has 1 aliphatic heterocycles. The van der Waals surface area contributed by atoms with Crippen LogP contribution in [0.4, 0.5) is 0 Å². The number of aromatic nitrogens is 1. The van der Waals surface area contributed by atoms with Gasteiger partial charge in [-0.1, -0.05) is 26.1 Å². The topological polar surface area (TPSA) is 65.5 Å². The fraction of sp³-hybridized carbons (Fsp3) is 0.476. The number of hydrogen-bond acceptors (Lipinski definition) is 5. The van der Waals surface area contributed by atoms with Crippen LogP contribution in [0.15, 0.2) is 48.7 Å². The smallest absolute Gasteiger partial charge is 0.357 e. The Balaban J connectivity index is 1.51. The summed E-state index contributed by atoms with van der Waals surface area (Å²) in [7, 11) is 0. The molecule has 136 valence electrons. The van der Waals surface area contributed by atoms with Gasteiger partial charge in [-0.3, -0.25) is 0 Å². The van der Waals surface area contributed by atoms with Gasteiger partial charge < -0.3 is 9.47 Å². The van der Waals surface area contributed by atoms with Gasteiger partial charge in [-0.15, -0.1) is 0 Å². The standard InChI is InChI=1S/C21H23NO4/c1-12-14-10-15-13(2)17(25-20(24)16-6-4-5-9-22-16)7-8-21(15,3)11-18(14)26-19(12)23/h4-6,9,14-15,17-18H,1-2,7-8,10-11H2,3H3/t14-,15+,17-,18-,21-/m1/s1. The minimum absolute atomic E-state index is 0.0110. The van der Waals surface area contributed by atoms with Crippen molar-refractivity contribution in [2.24, 2.45) is 17.3 Å². The first-order chi connectivity index (χ1) is 12.4. The van der Waals surface area contributed by atoms with Crippen LogP contribution in [0.3, 0.4) is 0 Å². The largest absolute Gasteiger partial charge is 0.458 e. The maximum absolute atomic E-state index is 12.4. The molecular formula is C21H23NO4. The van der Waals surface area contributed by atoms with E-state index >= 15 is 0 Å². The minimum atomic E-state index is -0.419. The van der Waals surface area contributed by atoms with E-state index in [1.165, 1.54) is 0 Å². The second kappa shape index (κ2) is 6.08. The van der Waals surface area contributed by atoms with Crippen molar-refractivity contribution in [2.45, 2.75) is 44.8 Å². The van der Waals surface area contributed by atoms with E-state index in [0.717, 1.165) is 31.3 Å². The quantitative estimate of drug-likeness (QED) is 0.463. The highest BCUT2D eigenvalue weighted by atomic mass is 16.6. The molecule has 2 heterocycles. The first-order valence-corrected chi connectivity index (χ1v) is 9.09. The predicted octanol–water partition coefficient (Wildman–Crippen LogP) is 3.47. The van der Waals surface area contributed by atoms with Crippen LogP contribution in [0, 0.1) is 17.3 Å². The molecule has 0 radical (unpaired) electrons. The van der Waals surface area contributed by atoms with Crippen LogP contribution in [0.25, 0.3) is 0 Å². The lowest BCUT2D eigenvalue weighted by Crippen LogP contribution is -2.47. The fourth-order valence-electron chi connectivity index (χ4n) is 4.84. The lowest BCUT2D eigenvalue weighted by atomic mass is 9.55. The minimum Gasteiger partial charge on any atom is -0.458 e. The number of nitrogens with zero attached hydrogens (tertiary/aromatic N) is 1. The summed E-state index contributed by atoms with van der Waals surface area (Å²) in [5, 5.41) is 0. The molecule has 2 saturated carbocycles. The predicted molar refractivity (Wildman–Crippen MR) is 95.2 cm³/mol. The van der Waals surface area contributed by atoms with Gasteiger partial charge in [0.25, 0.3) is 0 Å². The second-order valence-electron chi connectivity index (χ2n) is 7.94. The average molecular weight is 353 g/mol. The number of ether oxygens (including phenoxy) is 2. The van der Waals surface area contributed by atoms with E-state index in [-0.39, 0.29) is 35.4 Å². The summed E-state index contributed by atoms with van der Waals surface area (Å²) in [5.41, 5.74) is 1.82. The highest BCUT2D eigenvalue weighted by Gasteiger charge is 2.54. The Kier molecular flexibility index (Phi) is 3.98. The van der Waals surface area contributed by atoms with E-state index in [9.17, 15) is 9.59 Å². The first kappa shape index (κ1) is 17.0. The van der Waals surface area contributed by atoms with Gasteiger partial charge >= 0.3 is 11.9 Å². The lowest BCUT2D eigenvalue weighted by molar-refractivity contribution is -0.142. The summed E-state index contributed by atoms with van der Waals surface area (Å²) >= 11 is 0. The number of carbonyl (C=O) groups excluding carboxylic acids is 2. The van der Waals surface area contributed by atoms with Crippen molar-refractivity contribution in [1.29, 1.82) is 0 Å². The summed E-state index contributed by atoms with van der Waals surface area (Å²) in [6, 6.07) is 5.17. The molecular weight excluding hydrogens is 330 g/mol. The SMILES string of the molecule is C=C1C(=O)O[C@@H]2C[C@@]3(C)CC[C@@H](OC(=O)c4ccccn4)C(=C)[C@@H]3C[C@H]12. The Labute approximate surface area is 153 Å². The number of hydrogen-bond donors (Lipinski definition) is 0. The van der Waals surface area contributed by atoms with Crippen LogP contribution in [-0.2, 0) is 14.3 Å². The summed E-state index contributed by atoms with van der Waals surface area (Å²) in [6.45, 7) is 10.4. The van der Waals surface area contributed by atoms with Gasteiger partial charge in [0.2, 0.25) is 0 Å². The molecule has 0 bridgehead atoms. The summed E-state index contributed by atoms with van der Waals surface area (Å²) in [6.07, 6.45) is 4.42. The molecule has 1 aromatic heterocycles. The van der Waals surface area contributed by atoms with Crippen molar-refractivity contribution in [3.8, 4) is 0 Å². The Morgan fingerprint density at radius 3 is 2.92 bits per heavy atom. The monoisotopic (exact) mass is 353 g/mol. The van der Waals surface area contributed by atoms with Gasteiger partial charge in [0, 0.05) is 17.7 Å². The van der Waals surface area contributed by atoms with Crippen molar-refractivity contribution in [3.05, 3.63) is 54.4 Å². The van der Waals surface area contributed by atoms with Crippen LogP contribution in [-0.4, -0.2) is 29.1 Å². The second-order valence-corrected chi connectivity index (χ2v) is 7.94. The first-order valence-electron chi connectivity index (χ1n) is 9.09. The number of esters is 2. The summed E-state index contributed by atoms with van der Waals surface area (Å²) in [5.74, 6) is -0.461. The molecule has 1 saturated heterocycles. The van der Waals surface area contributed by atoms with Crippen molar-refractivity contribution in [1.82, 2.24) is 4.98 Å². The highest BCUT2D eigenvalue weighted by molar-refractivity contribution is 5.91. The Bertz CT molecular complexity index is 786. The summed E-state index contributed by atoms with van der Waals surface area (Å²) in [4.78, 5) is 28.3. The van der Waals surface area contributed by atoms with Gasteiger partial charge in [-0.05, 0) is 54.7 Å². The molecule has 2 aliphatic carbocycles. The van der Waals surface area contributed by atoms with E-state index < -0.39 is 5.97 Å². The van der Waals surface area contributed by atoms with Crippen LogP contribution < -0.4 is 0 Å². The van der Waals surface area contributed by atoms with Crippen molar-refractivity contribution < 1.29 is 19.1 Å². The molecule has 0 aromatic carbocycles. The zero-order chi connectivity index (χ0) is 18.5. The van der Waals surface area contributed by atoms with E-state index in [1.54, 1.807) is 24.4 Å². The molecule has 5 heteroatoms. The maximum Gasteiger partial charge on any atom is 0.357 e. The summed E-state index contributed by atoms with van der Waals surface area (Å²) < 4.78 is 11.2. The third-order valence-electron chi connectivity index (χ3n) is 6.38. The number of carbonyl (C=O) groups is 2. The molecule has 4 rings (SSSR count). The number of fused-ring (bicyclic) bond motifs is 2. The fourth-order valence-corrected chi connectivity index (χ4v) is 4.84.